The van der Waals surface area contributed by atoms with Crippen LogP contribution in [0.25, 0.3) is 10.9 Å². The second-order valence-electron chi connectivity index (χ2n) is 7.03. The van der Waals surface area contributed by atoms with Gasteiger partial charge in [-0.1, -0.05) is 0 Å². The first kappa shape index (κ1) is 21.2. The fraction of sp³-hybridized carbons (Fsp3) is 0.474. The lowest BCUT2D eigenvalue weighted by atomic mass is 9.82. The van der Waals surface area contributed by atoms with Crippen molar-refractivity contribution in [3.63, 3.8) is 0 Å². The molecular formula is C19H19F5N2O3. The normalized spacial score (nSPS) is 21.2. The van der Waals surface area contributed by atoms with Crippen LogP contribution in [0.15, 0.2) is 30.5 Å². The number of carbonyl (C=O) groups excluding carboxylic acids is 1. The van der Waals surface area contributed by atoms with Gasteiger partial charge in [0, 0.05) is 23.7 Å². The molecule has 1 saturated carbocycles. The number of ether oxygens (including phenoxy) is 1. The Morgan fingerprint density at radius 2 is 1.86 bits per heavy atom. The molecule has 2 aromatic rings. The van der Waals surface area contributed by atoms with Crippen molar-refractivity contribution >= 4 is 16.8 Å². The second-order valence-corrected chi connectivity index (χ2v) is 7.03. The van der Waals surface area contributed by atoms with Crippen LogP contribution in [0, 0.1) is 5.92 Å². The number of halogens is 5. The van der Waals surface area contributed by atoms with Crippen LogP contribution in [-0.2, 0) is 0 Å². The Bertz CT molecular complexity index is 867. The Morgan fingerprint density at radius 1 is 1.17 bits per heavy atom. The molecule has 5 nitrogen and oxygen atoms in total. The van der Waals surface area contributed by atoms with Gasteiger partial charge in [-0.2, -0.15) is 22.0 Å². The smallest absolute Gasteiger partial charge is 0.414 e. The zero-order valence-corrected chi connectivity index (χ0v) is 15.1. The topological polar surface area (TPSA) is 71.5 Å². The average molecular weight is 418 g/mol. The summed E-state index contributed by atoms with van der Waals surface area (Å²) in [6.07, 6.45) is -4.70. The largest absolute Gasteiger partial charge is 0.435 e. The van der Waals surface area contributed by atoms with Crippen LogP contribution in [-0.4, -0.2) is 40.9 Å². The maximum atomic E-state index is 12.6. The summed E-state index contributed by atoms with van der Waals surface area (Å²) in [5, 5.41) is 12.7. The molecule has 0 saturated heterocycles. The molecule has 29 heavy (non-hydrogen) atoms. The van der Waals surface area contributed by atoms with E-state index in [-0.39, 0.29) is 30.2 Å². The highest BCUT2D eigenvalue weighted by molar-refractivity contribution is 5.97. The first-order valence-electron chi connectivity index (χ1n) is 9.04. The van der Waals surface area contributed by atoms with Crippen LogP contribution in [0.3, 0.4) is 0 Å². The Hall–Kier alpha value is -2.49. The monoisotopic (exact) mass is 418 g/mol. The molecular weight excluding hydrogens is 399 g/mol. The van der Waals surface area contributed by atoms with Crippen LogP contribution >= 0.6 is 0 Å². The van der Waals surface area contributed by atoms with Crippen LogP contribution < -0.4 is 10.1 Å². The van der Waals surface area contributed by atoms with E-state index in [2.05, 4.69) is 15.0 Å². The van der Waals surface area contributed by atoms with E-state index in [1.807, 2.05) is 0 Å². The third-order valence-electron chi connectivity index (χ3n) is 5.03. The predicted octanol–water partition coefficient (Wildman–Crippen LogP) is 4.05. The molecule has 0 aliphatic heterocycles. The number of aliphatic hydroxyl groups is 1. The van der Waals surface area contributed by atoms with Crippen LogP contribution in [0.1, 0.15) is 36.0 Å². The molecule has 0 spiro atoms. The molecule has 1 aliphatic carbocycles. The molecule has 10 heteroatoms. The van der Waals surface area contributed by atoms with Gasteiger partial charge in [-0.3, -0.25) is 9.78 Å². The molecule has 1 aliphatic rings. The molecule has 1 atom stereocenters. The van der Waals surface area contributed by atoms with Crippen molar-refractivity contribution in [2.45, 2.75) is 50.6 Å². The van der Waals surface area contributed by atoms with E-state index in [1.165, 1.54) is 24.4 Å². The SMILES string of the molecule is O=C(N[C@H]1CC[C@H](C(O)C(F)(F)F)CC1)c1cnc2cc(OC(F)F)ccc2c1. The predicted molar refractivity (Wildman–Crippen MR) is 93.6 cm³/mol. The van der Waals surface area contributed by atoms with Crippen molar-refractivity contribution < 1.29 is 36.6 Å². The van der Waals surface area contributed by atoms with Crippen molar-refractivity contribution in [2.24, 2.45) is 5.92 Å². The Kier molecular flexibility index (Phi) is 6.21. The summed E-state index contributed by atoms with van der Waals surface area (Å²) < 4.78 is 66.7. The minimum Gasteiger partial charge on any atom is -0.435 e. The summed E-state index contributed by atoms with van der Waals surface area (Å²) in [7, 11) is 0. The van der Waals surface area contributed by atoms with Crippen molar-refractivity contribution in [1.29, 1.82) is 0 Å². The Labute approximate surface area is 162 Å². The maximum Gasteiger partial charge on any atom is 0.414 e. The average Bonchev–Trinajstić information content (AvgIpc) is 2.66. The van der Waals surface area contributed by atoms with Crippen LogP contribution in [0.4, 0.5) is 22.0 Å². The fourth-order valence-electron chi connectivity index (χ4n) is 3.52. The van der Waals surface area contributed by atoms with Gasteiger partial charge in [-0.25, -0.2) is 0 Å². The summed E-state index contributed by atoms with van der Waals surface area (Å²) >= 11 is 0. The number of fused-ring (bicyclic) bond motifs is 1. The van der Waals surface area contributed by atoms with Gasteiger partial charge in [-0.15, -0.1) is 0 Å². The molecule has 0 bridgehead atoms. The molecule has 2 N–H and O–H groups in total. The number of rotatable bonds is 5. The van der Waals surface area contributed by atoms with Crippen molar-refractivity contribution in [3.05, 3.63) is 36.0 Å². The summed E-state index contributed by atoms with van der Waals surface area (Å²) in [4.78, 5) is 16.5. The van der Waals surface area contributed by atoms with E-state index in [9.17, 15) is 31.9 Å². The summed E-state index contributed by atoms with van der Waals surface area (Å²) in [5.74, 6) is -1.34. The van der Waals surface area contributed by atoms with Gasteiger partial charge in [0.15, 0.2) is 6.10 Å². The van der Waals surface area contributed by atoms with E-state index in [1.54, 1.807) is 6.07 Å². The second kappa shape index (κ2) is 8.48. The lowest BCUT2D eigenvalue weighted by Gasteiger charge is -2.32. The zero-order chi connectivity index (χ0) is 21.2. The van der Waals surface area contributed by atoms with E-state index < -0.39 is 30.7 Å². The van der Waals surface area contributed by atoms with Gasteiger partial charge in [-0.05, 0) is 49.8 Å². The van der Waals surface area contributed by atoms with Crippen LogP contribution in [0.5, 0.6) is 5.75 Å². The number of pyridine rings is 1. The van der Waals surface area contributed by atoms with E-state index in [0.717, 1.165) is 0 Å². The van der Waals surface area contributed by atoms with E-state index >= 15 is 0 Å². The molecule has 158 valence electrons. The van der Waals surface area contributed by atoms with Crippen LogP contribution in [0.2, 0.25) is 0 Å². The molecule has 1 heterocycles. The van der Waals surface area contributed by atoms with Gasteiger partial charge in [0.05, 0.1) is 11.1 Å². The molecule has 1 fully saturated rings. The highest BCUT2D eigenvalue weighted by Crippen LogP contribution is 2.34. The number of hydrogen-bond donors (Lipinski definition) is 2. The quantitative estimate of drug-likeness (QED) is 0.719. The van der Waals surface area contributed by atoms with E-state index in [4.69, 9.17) is 0 Å². The van der Waals surface area contributed by atoms with E-state index in [0.29, 0.717) is 23.7 Å². The number of nitrogens with zero attached hydrogens (tertiary/aromatic N) is 1. The third kappa shape index (κ3) is 5.31. The first-order valence-corrected chi connectivity index (χ1v) is 9.04. The van der Waals surface area contributed by atoms with Crippen molar-refractivity contribution in [1.82, 2.24) is 10.3 Å². The number of nitrogens with one attached hydrogen (secondary N) is 1. The number of aliphatic hydroxyl groups excluding tert-OH is 1. The minimum absolute atomic E-state index is 0.0463. The highest BCUT2D eigenvalue weighted by Gasteiger charge is 2.44. The number of aromatic nitrogens is 1. The third-order valence-corrected chi connectivity index (χ3v) is 5.03. The number of carbonyl (C=O) groups is 1. The minimum atomic E-state index is -4.64. The van der Waals surface area contributed by atoms with Crippen molar-refractivity contribution in [3.8, 4) is 5.75 Å². The Morgan fingerprint density at radius 3 is 2.48 bits per heavy atom. The first-order chi connectivity index (χ1) is 13.6. The maximum absolute atomic E-state index is 12.6. The molecule has 1 amide bonds. The lowest BCUT2D eigenvalue weighted by Crippen LogP contribution is -2.42. The van der Waals surface area contributed by atoms with Gasteiger partial charge in [0.25, 0.3) is 5.91 Å². The summed E-state index contributed by atoms with van der Waals surface area (Å²) in [6, 6.07) is 5.42. The molecule has 1 aromatic heterocycles. The number of alkyl halides is 5. The summed E-state index contributed by atoms with van der Waals surface area (Å²) in [5.41, 5.74) is 0.624. The highest BCUT2D eigenvalue weighted by atomic mass is 19.4. The standard InChI is InChI=1S/C19H19F5N2O3/c20-18(21)29-14-6-3-11-7-12(9-25-15(11)8-14)17(28)26-13-4-1-10(2-5-13)16(27)19(22,23)24/h3,6-10,13,16,18,27H,1-2,4-5H2,(H,26,28)/t10-,13-,16?. The van der Waals surface area contributed by atoms with Gasteiger partial charge >= 0.3 is 12.8 Å². The number of benzene rings is 1. The number of amides is 1. The molecule has 1 aromatic carbocycles. The van der Waals surface area contributed by atoms with Gasteiger partial charge in [0.2, 0.25) is 0 Å². The molecule has 1 unspecified atom stereocenters. The van der Waals surface area contributed by atoms with Gasteiger partial charge < -0.3 is 15.2 Å². The Balaban J connectivity index is 1.60. The molecule has 0 radical (unpaired) electrons. The fourth-order valence-corrected chi connectivity index (χ4v) is 3.52. The zero-order valence-electron chi connectivity index (χ0n) is 15.1. The van der Waals surface area contributed by atoms with Gasteiger partial charge in [0.1, 0.15) is 5.75 Å². The number of hydrogen-bond acceptors (Lipinski definition) is 4. The molecule has 3 rings (SSSR count). The lowest BCUT2D eigenvalue weighted by molar-refractivity contribution is -0.222. The summed E-state index contributed by atoms with van der Waals surface area (Å²) in [6.45, 7) is -2.95. The van der Waals surface area contributed by atoms with Crippen molar-refractivity contribution in [2.75, 3.05) is 0 Å².